The highest BCUT2D eigenvalue weighted by molar-refractivity contribution is 6.71. The van der Waals surface area contributed by atoms with E-state index >= 15 is 0 Å². The van der Waals surface area contributed by atoms with Gasteiger partial charge in [-0.15, -0.1) is 0 Å². The van der Waals surface area contributed by atoms with E-state index in [9.17, 15) is 4.79 Å². The zero-order chi connectivity index (χ0) is 16.2. The van der Waals surface area contributed by atoms with E-state index in [1.807, 2.05) is 19.6 Å². The predicted molar refractivity (Wildman–Crippen MR) is 91.2 cm³/mol. The predicted octanol–water partition coefficient (Wildman–Crippen LogP) is 3.95. The van der Waals surface area contributed by atoms with Crippen LogP contribution in [0.3, 0.4) is 0 Å². The van der Waals surface area contributed by atoms with Gasteiger partial charge in [0.15, 0.2) is 22.9 Å². The van der Waals surface area contributed by atoms with Crippen LogP contribution >= 0.6 is 0 Å². The quantitative estimate of drug-likeness (QED) is 0.402. The van der Waals surface area contributed by atoms with E-state index in [1.54, 1.807) is 6.08 Å². The maximum atomic E-state index is 11.7. The molecule has 0 unspecified atom stereocenters. The highest BCUT2D eigenvalue weighted by Crippen LogP contribution is 2.15. The Hall–Kier alpha value is -0.219. The van der Waals surface area contributed by atoms with Crippen LogP contribution in [0.1, 0.15) is 0 Å². The molecule has 0 spiro atoms. The Kier molecular flexibility index (Phi) is 7.09. The highest BCUT2D eigenvalue weighted by Gasteiger charge is 2.26. The molecular formula is C13H30O4Si3. The average Bonchev–Trinajstić information content (AvgIpc) is 2.06. The average molecular weight is 335 g/mol. The number of rotatable bonds is 7. The smallest absolute Gasteiger partial charge is 0.317 e. The largest absolute Gasteiger partial charge is 0.517 e. The standard InChI is InChI=1S/C13H30O4Si3/c1-18(2,3)15-12(14)10-11-13(16-19(4,5)6)17-20(7,8)9/h10-11,13H,1-9H3/b11-10+. The lowest BCUT2D eigenvalue weighted by atomic mass is 10.5. The first-order chi connectivity index (χ1) is 8.68. The monoisotopic (exact) mass is 334 g/mol. The van der Waals surface area contributed by atoms with Gasteiger partial charge in [-0.25, -0.2) is 4.79 Å². The van der Waals surface area contributed by atoms with Crippen LogP contribution in [0, 0.1) is 0 Å². The minimum absolute atomic E-state index is 0.312. The fourth-order valence-electron chi connectivity index (χ4n) is 1.29. The Morgan fingerprint density at radius 1 is 0.800 bits per heavy atom. The summed E-state index contributed by atoms with van der Waals surface area (Å²) in [6.07, 6.45) is 2.66. The van der Waals surface area contributed by atoms with Crippen LogP contribution < -0.4 is 0 Å². The Balaban J connectivity index is 4.76. The molecule has 0 aliphatic carbocycles. The van der Waals surface area contributed by atoms with Gasteiger partial charge < -0.3 is 13.3 Å². The van der Waals surface area contributed by atoms with E-state index in [2.05, 4.69) is 39.3 Å². The number of hydrogen-bond acceptors (Lipinski definition) is 4. The van der Waals surface area contributed by atoms with Crippen LogP contribution in [0.4, 0.5) is 0 Å². The molecule has 0 atom stereocenters. The molecule has 0 amide bonds. The van der Waals surface area contributed by atoms with Gasteiger partial charge in [0.25, 0.3) is 0 Å². The Bertz CT molecular complexity index is 332. The molecule has 0 aromatic heterocycles. The zero-order valence-corrected chi connectivity index (χ0v) is 17.4. The minimum atomic E-state index is -1.85. The van der Waals surface area contributed by atoms with Crippen molar-refractivity contribution in [2.75, 3.05) is 0 Å². The second kappa shape index (κ2) is 7.17. The van der Waals surface area contributed by atoms with Gasteiger partial charge in [-0.2, -0.15) is 0 Å². The molecule has 0 heterocycles. The van der Waals surface area contributed by atoms with Crippen molar-refractivity contribution >= 4 is 30.9 Å². The highest BCUT2D eigenvalue weighted by atomic mass is 28.4. The molecule has 4 nitrogen and oxygen atoms in total. The van der Waals surface area contributed by atoms with Gasteiger partial charge in [0.2, 0.25) is 8.32 Å². The molecule has 0 saturated carbocycles. The van der Waals surface area contributed by atoms with Crippen LogP contribution in [0.2, 0.25) is 58.9 Å². The molecule has 0 N–H and O–H groups in total. The molecule has 0 aromatic carbocycles. The summed E-state index contributed by atoms with van der Waals surface area (Å²) >= 11 is 0. The molecule has 0 bridgehead atoms. The first kappa shape index (κ1) is 19.8. The zero-order valence-electron chi connectivity index (χ0n) is 14.4. The van der Waals surface area contributed by atoms with E-state index in [0.29, 0.717) is 0 Å². The van der Waals surface area contributed by atoms with Gasteiger partial charge in [0, 0.05) is 6.08 Å². The Morgan fingerprint density at radius 2 is 1.20 bits per heavy atom. The topological polar surface area (TPSA) is 44.8 Å². The van der Waals surface area contributed by atoms with Crippen LogP contribution in [-0.4, -0.2) is 37.2 Å². The summed E-state index contributed by atoms with van der Waals surface area (Å²) in [5.41, 5.74) is 0. The van der Waals surface area contributed by atoms with E-state index in [1.165, 1.54) is 6.08 Å². The molecule has 0 aliphatic heterocycles. The van der Waals surface area contributed by atoms with Crippen molar-refractivity contribution in [1.82, 2.24) is 0 Å². The van der Waals surface area contributed by atoms with E-state index in [0.717, 1.165) is 0 Å². The molecule has 7 heteroatoms. The summed E-state index contributed by atoms with van der Waals surface area (Å²) in [5, 5.41) is 0. The normalized spacial score (nSPS) is 14.1. The van der Waals surface area contributed by atoms with E-state index in [-0.39, 0.29) is 5.97 Å². The van der Waals surface area contributed by atoms with Crippen LogP contribution in [0.25, 0.3) is 0 Å². The third-order valence-corrected chi connectivity index (χ3v) is 4.43. The molecule has 118 valence electrons. The molecule has 0 saturated heterocycles. The van der Waals surface area contributed by atoms with Crippen molar-refractivity contribution < 1.29 is 18.1 Å². The maximum Gasteiger partial charge on any atom is 0.317 e. The Labute approximate surface area is 126 Å². The third kappa shape index (κ3) is 12.8. The van der Waals surface area contributed by atoms with Gasteiger partial charge in [-0.05, 0) is 65.0 Å². The first-order valence-electron chi connectivity index (χ1n) is 6.95. The molecule has 20 heavy (non-hydrogen) atoms. The molecule has 0 fully saturated rings. The number of carbonyl (C=O) groups is 1. The van der Waals surface area contributed by atoms with E-state index < -0.39 is 31.2 Å². The van der Waals surface area contributed by atoms with Crippen LogP contribution in [0.5, 0.6) is 0 Å². The summed E-state index contributed by atoms with van der Waals surface area (Å²) in [7, 11) is -5.32. The third-order valence-electron chi connectivity index (χ3n) is 1.74. The van der Waals surface area contributed by atoms with E-state index in [4.69, 9.17) is 13.3 Å². The summed E-state index contributed by atoms with van der Waals surface area (Å²) in [6, 6.07) is 0. The van der Waals surface area contributed by atoms with Gasteiger partial charge in [-0.1, -0.05) is 0 Å². The van der Waals surface area contributed by atoms with Crippen molar-refractivity contribution in [3.05, 3.63) is 12.2 Å². The second-order valence-electron chi connectivity index (χ2n) is 7.72. The fourth-order valence-corrected chi connectivity index (χ4v) is 3.71. The molecule has 0 radical (unpaired) electrons. The lowest BCUT2D eigenvalue weighted by molar-refractivity contribution is -0.129. The fraction of sp³-hybridized carbons (Fsp3) is 0.769. The van der Waals surface area contributed by atoms with Crippen LogP contribution in [0.15, 0.2) is 12.2 Å². The van der Waals surface area contributed by atoms with Crippen molar-refractivity contribution in [2.24, 2.45) is 0 Å². The van der Waals surface area contributed by atoms with Crippen molar-refractivity contribution in [3.8, 4) is 0 Å². The lowest BCUT2D eigenvalue weighted by Gasteiger charge is -2.29. The molecule has 0 rings (SSSR count). The van der Waals surface area contributed by atoms with Gasteiger partial charge >= 0.3 is 5.97 Å². The summed E-state index contributed by atoms with van der Waals surface area (Å²) in [5.74, 6) is -0.312. The number of carbonyl (C=O) groups excluding carboxylic acids is 1. The first-order valence-corrected chi connectivity index (χ1v) is 17.2. The lowest BCUT2D eigenvalue weighted by Crippen LogP contribution is -2.39. The molecular weight excluding hydrogens is 304 g/mol. The van der Waals surface area contributed by atoms with Gasteiger partial charge in [-0.3, -0.25) is 0 Å². The summed E-state index contributed by atoms with van der Waals surface area (Å²) in [4.78, 5) is 11.7. The Morgan fingerprint density at radius 3 is 1.50 bits per heavy atom. The summed E-state index contributed by atoms with van der Waals surface area (Å²) < 4.78 is 17.3. The van der Waals surface area contributed by atoms with Crippen LogP contribution in [-0.2, 0) is 18.1 Å². The second-order valence-corrected chi connectivity index (χ2v) is 21.1. The molecule has 0 aliphatic rings. The minimum Gasteiger partial charge on any atom is -0.517 e. The van der Waals surface area contributed by atoms with Crippen molar-refractivity contribution in [3.63, 3.8) is 0 Å². The van der Waals surface area contributed by atoms with Crippen molar-refractivity contribution in [2.45, 2.75) is 65.2 Å². The van der Waals surface area contributed by atoms with Crippen molar-refractivity contribution in [1.29, 1.82) is 0 Å². The van der Waals surface area contributed by atoms with Gasteiger partial charge in [0.05, 0.1) is 0 Å². The molecule has 0 aromatic rings. The SMILES string of the molecule is C[Si](C)(C)OC(=O)/C=C/C(O[Si](C)(C)C)O[Si](C)(C)C. The maximum absolute atomic E-state index is 11.7. The number of hydrogen-bond donors (Lipinski definition) is 0. The summed E-state index contributed by atoms with van der Waals surface area (Å²) in [6.45, 7) is 18.5. The van der Waals surface area contributed by atoms with Gasteiger partial charge in [0.1, 0.15) is 0 Å².